The Morgan fingerprint density at radius 1 is 1.67 bits per heavy atom. The molecule has 68 valence electrons. The maximum absolute atomic E-state index is 5.33. The Hall–Kier alpha value is -1.10. The number of anilines is 1. The van der Waals surface area contributed by atoms with E-state index in [0.29, 0.717) is 5.95 Å². The van der Waals surface area contributed by atoms with Crippen LogP contribution in [0, 0.1) is 0 Å². The van der Waals surface area contributed by atoms with E-state index < -0.39 is 0 Å². The second kappa shape index (κ2) is 4.71. The van der Waals surface area contributed by atoms with Crippen LogP contribution in [0.25, 0.3) is 0 Å². The molecule has 0 aliphatic heterocycles. The van der Waals surface area contributed by atoms with Gasteiger partial charge in [-0.05, 0) is 13.3 Å². The van der Waals surface area contributed by atoms with E-state index in [2.05, 4.69) is 10.1 Å². The Morgan fingerprint density at radius 2 is 2.50 bits per heavy atom. The van der Waals surface area contributed by atoms with E-state index in [-0.39, 0.29) is 0 Å². The fourth-order valence-electron chi connectivity index (χ4n) is 0.890. The number of nitrogens with zero attached hydrogens (tertiary/aromatic N) is 3. The smallest absolute Gasteiger partial charge is 0.239 e. The first-order valence-corrected chi connectivity index (χ1v) is 4.05. The first-order chi connectivity index (χ1) is 5.83. The number of nitrogens with two attached hydrogens (primary N) is 1. The quantitative estimate of drug-likeness (QED) is 0.645. The predicted octanol–water partition coefficient (Wildman–Crippen LogP) is 0.287. The molecule has 1 aromatic heterocycles. The molecular formula is C7H14N4O. The monoisotopic (exact) mass is 170 g/mol. The van der Waals surface area contributed by atoms with Gasteiger partial charge in [0.2, 0.25) is 5.95 Å². The molecule has 1 rings (SSSR count). The highest BCUT2D eigenvalue weighted by Crippen LogP contribution is 1.92. The van der Waals surface area contributed by atoms with Crippen LogP contribution in [-0.4, -0.2) is 28.0 Å². The van der Waals surface area contributed by atoms with Gasteiger partial charge in [-0.25, -0.2) is 4.98 Å². The van der Waals surface area contributed by atoms with Gasteiger partial charge in [0.15, 0.2) is 0 Å². The molecule has 0 amide bonds. The average Bonchev–Trinajstić information content (AvgIpc) is 2.45. The minimum Gasteiger partial charge on any atom is -0.382 e. The first-order valence-electron chi connectivity index (χ1n) is 4.05. The molecule has 1 heterocycles. The molecular weight excluding hydrogens is 156 g/mol. The van der Waals surface area contributed by atoms with Gasteiger partial charge < -0.3 is 10.5 Å². The third-order valence-electron chi connectivity index (χ3n) is 1.43. The summed E-state index contributed by atoms with van der Waals surface area (Å²) in [5, 5.41) is 3.94. The van der Waals surface area contributed by atoms with Crippen LogP contribution in [0.15, 0.2) is 6.33 Å². The molecule has 12 heavy (non-hydrogen) atoms. The summed E-state index contributed by atoms with van der Waals surface area (Å²) in [5.41, 5.74) is 5.33. The summed E-state index contributed by atoms with van der Waals surface area (Å²) in [6, 6.07) is 0. The van der Waals surface area contributed by atoms with Crippen molar-refractivity contribution >= 4 is 5.95 Å². The molecule has 1 aromatic rings. The van der Waals surface area contributed by atoms with Gasteiger partial charge in [0.1, 0.15) is 6.33 Å². The van der Waals surface area contributed by atoms with E-state index in [1.807, 2.05) is 6.92 Å². The van der Waals surface area contributed by atoms with Gasteiger partial charge in [0, 0.05) is 19.8 Å². The molecule has 0 radical (unpaired) electrons. The van der Waals surface area contributed by atoms with Crippen LogP contribution in [0.1, 0.15) is 13.3 Å². The van der Waals surface area contributed by atoms with Crippen molar-refractivity contribution in [2.24, 2.45) is 0 Å². The summed E-state index contributed by atoms with van der Waals surface area (Å²) in [6.45, 7) is 4.31. The summed E-state index contributed by atoms with van der Waals surface area (Å²) in [5.74, 6) is 0.325. The van der Waals surface area contributed by atoms with Crippen LogP contribution in [0.5, 0.6) is 0 Å². The summed E-state index contributed by atoms with van der Waals surface area (Å²) in [7, 11) is 0. The van der Waals surface area contributed by atoms with Crippen molar-refractivity contribution in [1.29, 1.82) is 0 Å². The number of aryl methyl sites for hydroxylation is 1. The number of ether oxygens (including phenoxy) is 1. The van der Waals surface area contributed by atoms with Crippen molar-refractivity contribution in [3.8, 4) is 0 Å². The van der Waals surface area contributed by atoms with E-state index in [1.165, 1.54) is 0 Å². The standard InChI is InChI=1S/C7H14N4O/c1-2-12-5-3-4-11-6-9-7(8)10-11/h6H,2-5H2,1H3,(H2,8,10). The lowest BCUT2D eigenvalue weighted by Gasteiger charge is -2.00. The number of hydrogen-bond donors (Lipinski definition) is 1. The Kier molecular flexibility index (Phi) is 3.53. The van der Waals surface area contributed by atoms with Crippen molar-refractivity contribution in [1.82, 2.24) is 14.8 Å². The maximum atomic E-state index is 5.33. The predicted molar refractivity (Wildman–Crippen MR) is 45.5 cm³/mol. The van der Waals surface area contributed by atoms with Crippen LogP contribution in [-0.2, 0) is 11.3 Å². The molecule has 5 heteroatoms. The Morgan fingerprint density at radius 3 is 3.08 bits per heavy atom. The molecule has 0 saturated heterocycles. The lowest BCUT2D eigenvalue weighted by Crippen LogP contribution is -2.03. The third kappa shape index (κ3) is 2.87. The average molecular weight is 170 g/mol. The molecule has 0 saturated carbocycles. The fourth-order valence-corrected chi connectivity index (χ4v) is 0.890. The van der Waals surface area contributed by atoms with Crippen LogP contribution in [0.3, 0.4) is 0 Å². The van der Waals surface area contributed by atoms with Crippen molar-refractivity contribution in [2.75, 3.05) is 18.9 Å². The molecule has 2 N–H and O–H groups in total. The molecule has 0 aliphatic rings. The van der Waals surface area contributed by atoms with Gasteiger partial charge in [0.25, 0.3) is 0 Å². The van der Waals surface area contributed by atoms with E-state index in [0.717, 1.165) is 26.2 Å². The van der Waals surface area contributed by atoms with Crippen LogP contribution >= 0.6 is 0 Å². The Bertz CT molecular complexity index is 223. The van der Waals surface area contributed by atoms with Gasteiger partial charge >= 0.3 is 0 Å². The Labute approximate surface area is 71.5 Å². The first kappa shape index (κ1) is 8.99. The molecule has 0 bridgehead atoms. The number of aromatic nitrogens is 3. The second-order valence-corrected chi connectivity index (χ2v) is 2.42. The van der Waals surface area contributed by atoms with Gasteiger partial charge in [-0.2, -0.15) is 0 Å². The van der Waals surface area contributed by atoms with Crippen molar-refractivity contribution in [3.63, 3.8) is 0 Å². The van der Waals surface area contributed by atoms with Gasteiger partial charge in [-0.15, -0.1) is 5.10 Å². The summed E-state index contributed by atoms with van der Waals surface area (Å²) >= 11 is 0. The minimum atomic E-state index is 0.325. The lowest BCUT2D eigenvalue weighted by molar-refractivity contribution is 0.141. The zero-order valence-electron chi connectivity index (χ0n) is 7.23. The molecule has 0 unspecified atom stereocenters. The zero-order chi connectivity index (χ0) is 8.81. The van der Waals surface area contributed by atoms with Crippen LogP contribution < -0.4 is 5.73 Å². The molecule has 5 nitrogen and oxygen atoms in total. The summed E-state index contributed by atoms with van der Waals surface area (Å²) < 4.78 is 6.89. The molecule has 0 aliphatic carbocycles. The molecule has 0 spiro atoms. The number of hydrogen-bond acceptors (Lipinski definition) is 4. The lowest BCUT2D eigenvalue weighted by atomic mass is 10.4. The fraction of sp³-hybridized carbons (Fsp3) is 0.714. The van der Waals surface area contributed by atoms with E-state index in [1.54, 1.807) is 11.0 Å². The van der Waals surface area contributed by atoms with Crippen molar-refractivity contribution in [2.45, 2.75) is 19.9 Å². The van der Waals surface area contributed by atoms with Gasteiger partial charge in [-0.3, -0.25) is 4.68 Å². The zero-order valence-corrected chi connectivity index (χ0v) is 7.23. The minimum absolute atomic E-state index is 0.325. The highest BCUT2D eigenvalue weighted by atomic mass is 16.5. The summed E-state index contributed by atoms with van der Waals surface area (Å²) in [4.78, 5) is 3.80. The number of rotatable bonds is 5. The topological polar surface area (TPSA) is 66.0 Å². The van der Waals surface area contributed by atoms with E-state index in [9.17, 15) is 0 Å². The summed E-state index contributed by atoms with van der Waals surface area (Å²) in [6.07, 6.45) is 2.57. The largest absolute Gasteiger partial charge is 0.382 e. The molecule has 0 aromatic carbocycles. The maximum Gasteiger partial charge on any atom is 0.239 e. The van der Waals surface area contributed by atoms with Gasteiger partial charge in [-0.1, -0.05) is 0 Å². The molecule has 0 fully saturated rings. The normalized spacial score (nSPS) is 10.4. The molecule has 0 atom stereocenters. The number of nitrogen functional groups attached to an aromatic ring is 1. The van der Waals surface area contributed by atoms with Gasteiger partial charge in [0.05, 0.1) is 0 Å². The third-order valence-corrected chi connectivity index (χ3v) is 1.43. The van der Waals surface area contributed by atoms with Crippen LogP contribution in [0.2, 0.25) is 0 Å². The highest BCUT2D eigenvalue weighted by molar-refractivity contribution is 5.08. The van der Waals surface area contributed by atoms with E-state index in [4.69, 9.17) is 10.5 Å². The van der Waals surface area contributed by atoms with E-state index >= 15 is 0 Å². The second-order valence-electron chi connectivity index (χ2n) is 2.42. The highest BCUT2D eigenvalue weighted by Gasteiger charge is 1.94. The van der Waals surface area contributed by atoms with Crippen molar-refractivity contribution in [3.05, 3.63) is 6.33 Å². The SMILES string of the molecule is CCOCCCn1cnc(N)n1. The Balaban J connectivity index is 2.15. The van der Waals surface area contributed by atoms with Crippen LogP contribution in [0.4, 0.5) is 5.95 Å². The van der Waals surface area contributed by atoms with Crippen molar-refractivity contribution < 1.29 is 4.74 Å².